The summed E-state index contributed by atoms with van der Waals surface area (Å²) in [5.41, 5.74) is 0.290. The quantitative estimate of drug-likeness (QED) is 0.484. The Labute approximate surface area is 106 Å². The Kier molecular flexibility index (Phi) is 3.12. The minimum atomic E-state index is -0.579. The molecule has 0 amide bonds. The minimum absolute atomic E-state index is 0.0230. The summed E-state index contributed by atoms with van der Waals surface area (Å²) in [6.45, 7) is 1.60. The van der Waals surface area contributed by atoms with Gasteiger partial charge in [-0.2, -0.15) is 0 Å². The van der Waals surface area contributed by atoms with Gasteiger partial charge in [0.2, 0.25) is 0 Å². The molecular formula is C11H7ClN2O4. The van der Waals surface area contributed by atoms with Crippen LogP contribution in [-0.2, 0) is 0 Å². The predicted octanol–water partition coefficient (Wildman–Crippen LogP) is 2.78. The van der Waals surface area contributed by atoms with Gasteiger partial charge in [-0.05, 0) is 13.0 Å². The molecule has 0 N–H and O–H groups in total. The number of nitro groups is 1. The van der Waals surface area contributed by atoms with Crippen LogP contribution in [0, 0.1) is 17.0 Å². The van der Waals surface area contributed by atoms with Crippen molar-refractivity contribution >= 4 is 23.1 Å². The molecule has 1 aromatic carbocycles. The number of hydrogen-bond acceptors (Lipinski definition) is 5. The van der Waals surface area contributed by atoms with Crippen molar-refractivity contribution in [1.29, 1.82) is 0 Å². The Bertz CT molecular complexity index is 636. The molecule has 2 aromatic rings. The van der Waals surface area contributed by atoms with Gasteiger partial charge in [0.25, 0.3) is 5.69 Å². The largest absolute Gasteiger partial charge is 0.361 e. The lowest BCUT2D eigenvalue weighted by molar-refractivity contribution is -0.384. The van der Waals surface area contributed by atoms with Crippen LogP contribution in [0.15, 0.2) is 28.9 Å². The Balaban J connectivity index is 2.44. The summed E-state index contributed by atoms with van der Waals surface area (Å²) in [4.78, 5) is 22.1. The third-order valence-corrected chi connectivity index (χ3v) is 2.72. The second kappa shape index (κ2) is 4.58. The van der Waals surface area contributed by atoms with Crippen molar-refractivity contribution in [3.8, 4) is 0 Å². The van der Waals surface area contributed by atoms with Gasteiger partial charge in [-0.15, -0.1) is 0 Å². The molecule has 0 saturated heterocycles. The maximum atomic E-state index is 12.1. The monoisotopic (exact) mass is 266 g/mol. The summed E-state index contributed by atoms with van der Waals surface area (Å²) in [6.07, 6.45) is 1.29. The molecule has 7 heteroatoms. The number of benzene rings is 1. The highest BCUT2D eigenvalue weighted by Crippen LogP contribution is 2.25. The molecule has 0 aliphatic heterocycles. The van der Waals surface area contributed by atoms with E-state index in [1.165, 1.54) is 18.3 Å². The van der Waals surface area contributed by atoms with Crippen LogP contribution >= 0.6 is 11.6 Å². The number of nitro benzene ring substituents is 1. The first-order chi connectivity index (χ1) is 8.50. The number of nitrogens with zero attached hydrogens (tertiary/aromatic N) is 2. The molecule has 0 saturated carbocycles. The second-order valence-electron chi connectivity index (χ2n) is 3.55. The first-order valence-corrected chi connectivity index (χ1v) is 5.28. The van der Waals surface area contributed by atoms with E-state index in [2.05, 4.69) is 5.16 Å². The van der Waals surface area contributed by atoms with Crippen LogP contribution in [0.25, 0.3) is 0 Å². The van der Waals surface area contributed by atoms with Crippen molar-refractivity contribution in [1.82, 2.24) is 5.16 Å². The van der Waals surface area contributed by atoms with Gasteiger partial charge in [0, 0.05) is 17.7 Å². The Morgan fingerprint density at radius 2 is 2.17 bits per heavy atom. The van der Waals surface area contributed by atoms with Crippen LogP contribution in [0.3, 0.4) is 0 Å². The van der Waals surface area contributed by atoms with Crippen molar-refractivity contribution < 1.29 is 14.2 Å². The molecule has 0 unspecified atom stereocenters. The van der Waals surface area contributed by atoms with Crippen LogP contribution in [0.2, 0.25) is 5.02 Å². The lowest BCUT2D eigenvalue weighted by Crippen LogP contribution is -2.03. The molecule has 2 rings (SSSR count). The van der Waals surface area contributed by atoms with Gasteiger partial charge < -0.3 is 4.52 Å². The summed E-state index contributed by atoms with van der Waals surface area (Å²) in [5.74, 6) is -0.0110. The zero-order valence-corrected chi connectivity index (χ0v) is 9.97. The summed E-state index contributed by atoms with van der Waals surface area (Å²) < 4.78 is 4.79. The zero-order chi connectivity index (χ0) is 13.3. The molecule has 0 atom stereocenters. The van der Waals surface area contributed by atoms with Gasteiger partial charge in [0.05, 0.1) is 21.7 Å². The SMILES string of the molecule is Cc1oncc1C(=O)c1ccc([N+](=O)[O-])cc1Cl. The molecule has 0 bridgehead atoms. The molecular weight excluding hydrogens is 260 g/mol. The zero-order valence-electron chi connectivity index (χ0n) is 9.21. The standard InChI is InChI=1S/C11H7ClN2O4/c1-6-9(5-13-18-6)11(15)8-3-2-7(14(16)17)4-10(8)12/h2-5H,1H3. The fraction of sp³-hybridized carbons (Fsp3) is 0.0909. The molecule has 0 aliphatic carbocycles. The van der Waals surface area contributed by atoms with Crippen LogP contribution in [0.4, 0.5) is 5.69 Å². The smallest absolute Gasteiger partial charge is 0.270 e. The van der Waals surface area contributed by atoms with Gasteiger partial charge in [0.1, 0.15) is 5.76 Å². The van der Waals surface area contributed by atoms with Crippen molar-refractivity contribution in [2.45, 2.75) is 6.92 Å². The number of halogens is 1. The number of hydrogen-bond donors (Lipinski definition) is 0. The third-order valence-electron chi connectivity index (χ3n) is 2.40. The Morgan fingerprint density at radius 1 is 1.44 bits per heavy atom. The van der Waals surface area contributed by atoms with Crippen LogP contribution < -0.4 is 0 Å². The number of carbonyl (C=O) groups is 1. The topological polar surface area (TPSA) is 86.2 Å². The number of aryl methyl sites for hydroxylation is 1. The molecule has 92 valence electrons. The summed E-state index contributed by atoms with van der Waals surface area (Å²) in [6, 6.07) is 3.68. The molecule has 6 nitrogen and oxygen atoms in total. The van der Waals surface area contributed by atoms with Crippen molar-refractivity contribution in [3.63, 3.8) is 0 Å². The highest BCUT2D eigenvalue weighted by Gasteiger charge is 2.19. The number of rotatable bonds is 3. The van der Waals surface area contributed by atoms with Gasteiger partial charge in [0.15, 0.2) is 5.78 Å². The Hall–Kier alpha value is -2.21. The van der Waals surface area contributed by atoms with E-state index in [4.69, 9.17) is 16.1 Å². The minimum Gasteiger partial charge on any atom is -0.361 e. The average Bonchev–Trinajstić information content (AvgIpc) is 2.74. The van der Waals surface area contributed by atoms with E-state index >= 15 is 0 Å². The van der Waals surface area contributed by atoms with E-state index < -0.39 is 4.92 Å². The third kappa shape index (κ3) is 2.10. The molecule has 0 radical (unpaired) electrons. The van der Waals surface area contributed by atoms with Gasteiger partial charge in [-0.3, -0.25) is 14.9 Å². The van der Waals surface area contributed by atoms with Gasteiger partial charge in [-0.25, -0.2) is 0 Å². The lowest BCUT2D eigenvalue weighted by atomic mass is 10.0. The molecule has 0 aliphatic rings. The molecule has 18 heavy (non-hydrogen) atoms. The molecule has 1 heterocycles. The van der Waals surface area contributed by atoms with E-state index in [1.807, 2.05) is 0 Å². The van der Waals surface area contributed by atoms with E-state index in [0.717, 1.165) is 6.07 Å². The second-order valence-corrected chi connectivity index (χ2v) is 3.95. The first kappa shape index (κ1) is 12.3. The average molecular weight is 267 g/mol. The summed E-state index contributed by atoms with van der Waals surface area (Å²) in [7, 11) is 0. The number of carbonyl (C=O) groups excluding carboxylic acids is 1. The van der Waals surface area contributed by atoms with Crippen molar-refractivity contribution in [3.05, 3.63) is 56.4 Å². The van der Waals surface area contributed by atoms with Crippen LogP contribution in [0.5, 0.6) is 0 Å². The summed E-state index contributed by atoms with van der Waals surface area (Å²) in [5, 5.41) is 14.1. The van der Waals surface area contributed by atoms with Crippen LogP contribution in [0.1, 0.15) is 21.7 Å². The molecule has 0 fully saturated rings. The fourth-order valence-corrected chi connectivity index (χ4v) is 1.72. The number of ketones is 1. The van der Waals surface area contributed by atoms with Crippen molar-refractivity contribution in [2.75, 3.05) is 0 Å². The van der Waals surface area contributed by atoms with E-state index in [0.29, 0.717) is 5.76 Å². The van der Waals surface area contributed by atoms with E-state index in [9.17, 15) is 14.9 Å². The van der Waals surface area contributed by atoms with Gasteiger partial charge >= 0.3 is 0 Å². The fourth-order valence-electron chi connectivity index (χ4n) is 1.46. The highest BCUT2D eigenvalue weighted by atomic mass is 35.5. The normalized spacial score (nSPS) is 10.3. The number of aromatic nitrogens is 1. The predicted molar refractivity (Wildman–Crippen MR) is 62.8 cm³/mol. The maximum absolute atomic E-state index is 12.1. The van der Waals surface area contributed by atoms with E-state index in [-0.39, 0.29) is 27.6 Å². The first-order valence-electron chi connectivity index (χ1n) is 4.90. The Morgan fingerprint density at radius 3 is 2.67 bits per heavy atom. The lowest BCUT2D eigenvalue weighted by Gasteiger charge is -2.01. The number of non-ortho nitro benzene ring substituents is 1. The maximum Gasteiger partial charge on any atom is 0.270 e. The summed E-state index contributed by atoms with van der Waals surface area (Å²) >= 11 is 5.86. The van der Waals surface area contributed by atoms with Gasteiger partial charge in [-0.1, -0.05) is 16.8 Å². The molecule has 0 spiro atoms. The highest BCUT2D eigenvalue weighted by molar-refractivity contribution is 6.35. The van der Waals surface area contributed by atoms with Crippen molar-refractivity contribution in [2.24, 2.45) is 0 Å². The van der Waals surface area contributed by atoms with Crippen LogP contribution in [-0.4, -0.2) is 15.9 Å². The van der Waals surface area contributed by atoms with E-state index in [1.54, 1.807) is 6.92 Å². The molecule has 1 aromatic heterocycles.